The molecule has 8 heteroatoms. The van der Waals surface area contributed by atoms with Crippen molar-refractivity contribution in [2.45, 2.75) is 25.1 Å². The van der Waals surface area contributed by atoms with E-state index in [1.54, 1.807) is 35.6 Å². The first kappa shape index (κ1) is 19.6. The van der Waals surface area contributed by atoms with E-state index in [2.05, 4.69) is 16.8 Å². The Morgan fingerprint density at radius 3 is 2.85 bits per heavy atom. The maximum absolute atomic E-state index is 12.4. The van der Waals surface area contributed by atoms with E-state index in [-0.39, 0.29) is 30.5 Å². The van der Waals surface area contributed by atoms with Crippen LogP contribution >= 0.6 is 11.3 Å². The summed E-state index contributed by atoms with van der Waals surface area (Å²) >= 11 is 1.73. The molecule has 144 valence electrons. The highest BCUT2D eigenvalue weighted by molar-refractivity contribution is 7.89. The van der Waals surface area contributed by atoms with E-state index < -0.39 is 9.84 Å². The Hall–Kier alpha value is -2.19. The van der Waals surface area contributed by atoms with Crippen LogP contribution < -0.4 is 5.32 Å². The Labute approximate surface area is 163 Å². The zero-order valence-corrected chi connectivity index (χ0v) is 16.7. The van der Waals surface area contributed by atoms with E-state index in [1.165, 1.54) is 10.4 Å². The van der Waals surface area contributed by atoms with E-state index in [4.69, 9.17) is 0 Å². The van der Waals surface area contributed by atoms with E-state index >= 15 is 0 Å². The Morgan fingerprint density at radius 2 is 2.07 bits per heavy atom. The molecule has 1 aromatic carbocycles. The average molecular weight is 407 g/mol. The molecule has 0 bridgehead atoms. The first-order chi connectivity index (χ1) is 12.8. The van der Waals surface area contributed by atoms with E-state index in [0.29, 0.717) is 24.2 Å². The van der Waals surface area contributed by atoms with Crippen molar-refractivity contribution >= 4 is 33.0 Å². The molecule has 6 nitrogen and oxygen atoms in total. The number of carbonyl (C=O) groups excluding carboxylic acids is 2. The molecule has 27 heavy (non-hydrogen) atoms. The van der Waals surface area contributed by atoms with Crippen LogP contribution in [0.3, 0.4) is 0 Å². The summed E-state index contributed by atoms with van der Waals surface area (Å²) in [5.41, 5.74) is 2.18. The number of benzene rings is 1. The second kappa shape index (κ2) is 8.22. The van der Waals surface area contributed by atoms with Crippen LogP contribution in [-0.4, -0.2) is 44.5 Å². The lowest BCUT2D eigenvalue weighted by atomic mass is 10.1. The Morgan fingerprint density at radius 1 is 1.26 bits per heavy atom. The third-order valence-corrected chi connectivity index (χ3v) is 6.28. The number of rotatable bonds is 6. The second-order valence-corrected chi connectivity index (χ2v) is 9.85. The van der Waals surface area contributed by atoms with Gasteiger partial charge in [0.2, 0.25) is 5.91 Å². The minimum Gasteiger partial charge on any atom is -0.352 e. The van der Waals surface area contributed by atoms with Gasteiger partial charge in [-0.3, -0.25) is 9.59 Å². The molecule has 1 aromatic heterocycles. The molecule has 0 radical (unpaired) electrons. The minimum atomic E-state index is -3.16. The fourth-order valence-corrected chi connectivity index (χ4v) is 4.78. The van der Waals surface area contributed by atoms with Crippen molar-refractivity contribution in [1.29, 1.82) is 0 Å². The zero-order valence-electron chi connectivity index (χ0n) is 15.1. The van der Waals surface area contributed by atoms with Gasteiger partial charge >= 0.3 is 0 Å². The van der Waals surface area contributed by atoms with Crippen molar-refractivity contribution in [3.63, 3.8) is 0 Å². The number of hydrogen-bond donors (Lipinski definition) is 1. The third-order valence-electron chi connectivity index (χ3n) is 4.40. The van der Waals surface area contributed by atoms with Crippen LogP contribution in [-0.2, 0) is 33.4 Å². The zero-order chi connectivity index (χ0) is 19.4. The van der Waals surface area contributed by atoms with Gasteiger partial charge in [-0.15, -0.1) is 11.3 Å². The SMILES string of the molecule is CS(=O)(=O)Cc1cccc(C(=O)NCCC(=O)N2CCc3sccc3C2)c1. The Kier molecular flexibility index (Phi) is 5.96. The van der Waals surface area contributed by atoms with Crippen molar-refractivity contribution in [2.24, 2.45) is 0 Å². The van der Waals surface area contributed by atoms with Crippen LogP contribution in [0.4, 0.5) is 0 Å². The largest absolute Gasteiger partial charge is 0.352 e. The number of nitrogens with one attached hydrogen (secondary N) is 1. The molecule has 1 aliphatic rings. The second-order valence-electron chi connectivity index (χ2n) is 6.71. The highest BCUT2D eigenvalue weighted by Crippen LogP contribution is 2.24. The fourth-order valence-electron chi connectivity index (χ4n) is 3.11. The highest BCUT2D eigenvalue weighted by Gasteiger charge is 2.21. The number of nitrogens with zero attached hydrogens (tertiary/aromatic N) is 1. The van der Waals surface area contributed by atoms with E-state index in [1.807, 2.05) is 4.90 Å². The molecule has 0 saturated carbocycles. The number of sulfone groups is 1. The number of amides is 2. The van der Waals surface area contributed by atoms with Gasteiger partial charge in [-0.05, 0) is 41.1 Å². The topological polar surface area (TPSA) is 83.5 Å². The predicted molar refractivity (Wildman–Crippen MR) is 105 cm³/mol. The van der Waals surface area contributed by atoms with Gasteiger partial charge in [-0.1, -0.05) is 12.1 Å². The van der Waals surface area contributed by atoms with Crippen LogP contribution in [0.15, 0.2) is 35.7 Å². The molecule has 1 aliphatic heterocycles. The molecule has 0 unspecified atom stereocenters. The summed E-state index contributed by atoms with van der Waals surface area (Å²) in [7, 11) is -3.16. The molecule has 0 fully saturated rings. The molecule has 0 spiro atoms. The normalized spacial score (nSPS) is 13.9. The summed E-state index contributed by atoms with van der Waals surface area (Å²) in [6, 6.07) is 8.60. The first-order valence-electron chi connectivity index (χ1n) is 8.70. The predicted octanol–water partition coefficient (Wildman–Crippen LogP) is 2.00. The average Bonchev–Trinajstić information content (AvgIpc) is 3.08. The molecule has 0 aliphatic carbocycles. The van der Waals surface area contributed by atoms with Crippen LogP contribution in [0.5, 0.6) is 0 Å². The lowest BCUT2D eigenvalue weighted by Crippen LogP contribution is -2.37. The van der Waals surface area contributed by atoms with Gasteiger partial charge in [-0.25, -0.2) is 8.42 Å². The monoisotopic (exact) mass is 406 g/mol. The maximum Gasteiger partial charge on any atom is 0.251 e. The number of thiophene rings is 1. The van der Waals surface area contributed by atoms with Crippen LogP contribution in [0.1, 0.15) is 32.8 Å². The summed E-state index contributed by atoms with van der Waals surface area (Å²) in [5.74, 6) is -0.388. The third kappa shape index (κ3) is 5.40. The molecule has 0 saturated heterocycles. The van der Waals surface area contributed by atoms with Crippen molar-refractivity contribution in [1.82, 2.24) is 10.2 Å². The summed E-state index contributed by atoms with van der Waals surface area (Å²) in [4.78, 5) is 27.8. The molecule has 0 atom stereocenters. The maximum atomic E-state index is 12.4. The van der Waals surface area contributed by atoms with E-state index in [0.717, 1.165) is 12.7 Å². The summed E-state index contributed by atoms with van der Waals surface area (Å²) in [5, 5.41) is 4.79. The summed E-state index contributed by atoms with van der Waals surface area (Å²) in [6.07, 6.45) is 2.29. The number of carbonyl (C=O) groups is 2. The highest BCUT2D eigenvalue weighted by atomic mass is 32.2. The van der Waals surface area contributed by atoms with Crippen molar-refractivity contribution in [3.05, 3.63) is 57.3 Å². The lowest BCUT2D eigenvalue weighted by molar-refractivity contribution is -0.131. The molecule has 1 N–H and O–H groups in total. The number of hydrogen-bond acceptors (Lipinski definition) is 5. The minimum absolute atomic E-state index is 0.0259. The Balaban J connectivity index is 1.50. The molecule has 2 aromatic rings. The lowest BCUT2D eigenvalue weighted by Gasteiger charge is -2.27. The standard InChI is InChI=1S/C19H22N2O4S2/c1-27(24,25)13-14-3-2-4-15(11-14)19(23)20-8-5-18(22)21-9-6-17-16(12-21)7-10-26-17/h2-4,7,10-11H,5-6,8-9,12-13H2,1H3,(H,20,23). The van der Waals surface area contributed by atoms with Gasteiger partial charge in [-0.2, -0.15) is 0 Å². The smallest absolute Gasteiger partial charge is 0.251 e. The molecule has 2 heterocycles. The van der Waals surface area contributed by atoms with Gasteiger partial charge in [0, 0.05) is 42.8 Å². The van der Waals surface area contributed by atoms with Gasteiger partial charge in [0.15, 0.2) is 9.84 Å². The van der Waals surface area contributed by atoms with Crippen molar-refractivity contribution < 1.29 is 18.0 Å². The van der Waals surface area contributed by atoms with E-state index in [9.17, 15) is 18.0 Å². The van der Waals surface area contributed by atoms with Gasteiger partial charge < -0.3 is 10.2 Å². The van der Waals surface area contributed by atoms with Gasteiger partial charge in [0.05, 0.1) is 5.75 Å². The molecular weight excluding hydrogens is 384 g/mol. The molecule has 3 rings (SSSR count). The molecule has 2 amide bonds. The van der Waals surface area contributed by atoms with Crippen LogP contribution in [0, 0.1) is 0 Å². The number of fused-ring (bicyclic) bond motifs is 1. The first-order valence-corrected chi connectivity index (χ1v) is 11.6. The summed E-state index contributed by atoms with van der Waals surface area (Å²) < 4.78 is 22.8. The van der Waals surface area contributed by atoms with Crippen molar-refractivity contribution in [2.75, 3.05) is 19.3 Å². The van der Waals surface area contributed by atoms with Crippen molar-refractivity contribution in [3.8, 4) is 0 Å². The quantitative estimate of drug-likeness (QED) is 0.795. The fraction of sp³-hybridized carbons (Fsp3) is 0.368. The van der Waals surface area contributed by atoms with Gasteiger partial charge in [0.25, 0.3) is 5.91 Å². The van der Waals surface area contributed by atoms with Crippen LogP contribution in [0.25, 0.3) is 0 Å². The van der Waals surface area contributed by atoms with Crippen LogP contribution in [0.2, 0.25) is 0 Å². The van der Waals surface area contributed by atoms with Gasteiger partial charge in [0.1, 0.15) is 0 Å². The Bertz CT molecular complexity index is 950. The summed E-state index contributed by atoms with van der Waals surface area (Å²) in [6.45, 7) is 1.61. The molecular formula is C19H22N2O4S2.